The van der Waals surface area contributed by atoms with Crippen LogP contribution in [-0.4, -0.2) is 23.0 Å². The summed E-state index contributed by atoms with van der Waals surface area (Å²) in [6.07, 6.45) is 0.546. The van der Waals surface area contributed by atoms with Crippen LogP contribution in [0.1, 0.15) is 57.9 Å². The van der Waals surface area contributed by atoms with Crippen LogP contribution in [0, 0.1) is 34.6 Å². The number of carboxylic acid groups (broad SMARTS) is 1. The summed E-state index contributed by atoms with van der Waals surface area (Å²) < 4.78 is 0. The molecule has 21 heavy (non-hydrogen) atoms. The van der Waals surface area contributed by atoms with E-state index in [-0.39, 0.29) is 18.4 Å². The monoisotopic (exact) mass is 291 g/mol. The normalized spacial score (nSPS) is 12.1. The average Bonchev–Trinajstić information content (AvgIpc) is 2.42. The Morgan fingerprint density at radius 3 is 1.76 bits per heavy atom. The van der Waals surface area contributed by atoms with E-state index in [1.165, 1.54) is 5.56 Å². The third kappa shape index (κ3) is 3.63. The van der Waals surface area contributed by atoms with Crippen molar-refractivity contribution in [2.45, 2.75) is 60.4 Å². The van der Waals surface area contributed by atoms with E-state index in [1.54, 1.807) is 0 Å². The third-order valence-corrected chi connectivity index (χ3v) is 4.48. The van der Waals surface area contributed by atoms with E-state index >= 15 is 0 Å². The summed E-state index contributed by atoms with van der Waals surface area (Å²) in [5.41, 5.74) is 6.07. The molecule has 0 aromatic heterocycles. The minimum atomic E-state index is -0.896. The van der Waals surface area contributed by atoms with E-state index < -0.39 is 5.97 Å². The fraction of sp³-hybridized carbons (Fsp3) is 0.529. The molecule has 0 heterocycles. The van der Waals surface area contributed by atoms with E-state index in [1.807, 2.05) is 34.6 Å². The fourth-order valence-corrected chi connectivity index (χ4v) is 2.61. The number of carbonyl (C=O) groups is 2. The van der Waals surface area contributed by atoms with Gasteiger partial charge in [-0.05, 0) is 68.9 Å². The predicted molar refractivity (Wildman–Crippen MR) is 83.9 cm³/mol. The third-order valence-electron chi connectivity index (χ3n) is 4.48. The van der Waals surface area contributed by atoms with Crippen LogP contribution < -0.4 is 5.32 Å². The standard InChI is InChI=1S/C17H25NO3/c1-7-14(8-15(19)20)18-17(21)16-12(5)10(3)9(2)11(4)13(16)6/h14H,7-8H2,1-6H3,(H,18,21)(H,19,20). The SMILES string of the molecule is CCC(CC(=O)O)NC(=O)c1c(C)c(C)c(C)c(C)c1C. The first kappa shape index (κ1) is 17.2. The number of hydrogen-bond donors (Lipinski definition) is 2. The second-order valence-corrected chi connectivity index (χ2v) is 5.68. The Balaban J connectivity index is 3.16. The highest BCUT2D eigenvalue weighted by atomic mass is 16.4. The number of nitrogens with one attached hydrogen (secondary N) is 1. The topological polar surface area (TPSA) is 66.4 Å². The van der Waals surface area contributed by atoms with Crippen LogP contribution in [0.5, 0.6) is 0 Å². The van der Waals surface area contributed by atoms with Crippen molar-refractivity contribution in [1.82, 2.24) is 5.32 Å². The molecule has 116 valence electrons. The fourth-order valence-electron chi connectivity index (χ4n) is 2.61. The summed E-state index contributed by atoms with van der Waals surface area (Å²) in [6, 6.07) is -0.337. The number of hydrogen-bond acceptors (Lipinski definition) is 2. The molecule has 0 bridgehead atoms. The lowest BCUT2D eigenvalue weighted by Gasteiger charge is -2.21. The molecule has 1 aromatic rings. The molecule has 1 aromatic carbocycles. The van der Waals surface area contributed by atoms with E-state index in [2.05, 4.69) is 12.2 Å². The second-order valence-electron chi connectivity index (χ2n) is 5.68. The number of amides is 1. The number of benzene rings is 1. The molecule has 1 atom stereocenters. The van der Waals surface area contributed by atoms with Crippen molar-refractivity contribution in [3.05, 3.63) is 33.4 Å². The van der Waals surface area contributed by atoms with Gasteiger partial charge >= 0.3 is 5.97 Å². The number of carboxylic acids is 1. The number of carbonyl (C=O) groups excluding carboxylic acids is 1. The zero-order valence-corrected chi connectivity index (χ0v) is 13.8. The smallest absolute Gasteiger partial charge is 0.305 e. The number of rotatable bonds is 5. The molecule has 0 saturated heterocycles. The Morgan fingerprint density at radius 2 is 1.38 bits per heavy atom. The molecular formula is C17H25NO3. The molecule has 1 unspecified atom stereocenters. The molecular weight excluding hydrogens is 266 g/mol. The highest BCUT2D eigenvalue weighted by Crippen LogP contribution is 2.26. The van der Waals surface area contributed by atoms with Gasteiger partial charge in [-0.1, -0.05) is 6.92 Å². The van der Waals surface area contributed by atoms with E-state index in [0.717, 1.165) is 22.3 Å². The summed E-state index contributed by atoms with van der Waals surface area (Å²) in [4.78, 5) is 23.4. The second kappa shape index (κ2) is 6.74. The van der Waals surface area contributed by atoms with Gasteiger partial charge < -0.3 is 10.4 Å². The molecule has 2 N–H and O–H groups in total. The lowest BCUT2D eigenvalue weighted by molar-refractivity contribution is -0.137. The molecule has 4 heteroatoms. The molecule has 0 aliphatic carbocycles. The van der Waals surface area contributed by atoms with Gasteiger partial charge in [0.05, 0.1) is 6.42 Å². The van der Waals surface area contributed by atoms with Crippen LogP contribution in [0.2, 0.25) is 0 Å². The Hall–Kier alpha value is -1.84. The highest BCUT2D eigenvalue weighted by Gasteiger charge is 2.21. The van der Waals surface area contributed by atoms with Crippen LogP contribution in [0.15, 0.2) is 0 Å². The van der Waals surface area contributed by atoms with Crippen molar-refractivity contribution in [2.75, 3.05) is 0 Å². The van der Waals surface area contributed by atoms with Gasteiger partial charge in [-0.3, -0.25) is 9.59 Å². The van der Waals surface area contributed by atoms with Crippen molar-refractivity contribution < 1.29 is 14.7 Å². The summed E-state index contributed by atoms with van der Waals surface area (Å²) in [5, 5.41) is 11.7. The first-order chi connectivity index (χ1) is 9.70. The van der Waals surface area contributed by atoms with Gasteiger partial charge in [0.25, 0.3) is 5.91 Å². The van der Waals surface area contributed by atoms with Gasteiger partial charge in [0.2, 0.25) is 0 Å². The molecule has 0 aliphatic heterocycles. The minimum Gasteiger partial charge on any atom is -0.481 e. The van der Waals surface area contributed by atoms with Crippen molar-refractivity contribution in [2.24, 2.45) is 0 Å². The van der Waals surface area contributed by atoms with Crippen molar-refractivity contribution in [3.63, 3.8) is 0 Å². The predicted octanol–water partition coefficient (Wildman–Crippen LogP) is 3.21. The van der Waals surface area contributed by atoms with Gasteiger partial charge in [-0.2, -0.15) is 0 Å². The quantitative estimate of drug-likeness (QED) is 0.875. The molecule has 0 saturated carbocycles. The summed E-state index contributed by atoms with van der Waals surface area (Å²) in [7, 11) is 0. The summed E-state index contributed by atoms with van der Waals surface area (Å²) in [6.45, 7) is 11.9. The summed E-state index contributed by atoms with van der Waals surface area (Å²) in [5.74, 6) is -1.07. The van der Waals surface area contributed by atoms with Crippen molar-refractivity contribution in [1.29, 1.82) is 0 Å². The largest absolute Gasteiger partial charge is 0.481 e. The van der Waals surface area contributed by atoms with Crippen LogP contribution in [-0.2, 0) is 4.79 Å². The average molecular weight is 291 g/mol. The van der Waals surface area contributed by atoms with Crippen LogP contribution in [0.4, 0.5) is 0 Å². The maximum atomic E-state index is 12.5. The maximum Gasteiger partial charge on any atom is 0.305 e. The van der Waals surface area contributed by atoms with E-state index in [9.17, 15) is 9.59 Å². The van der Waals surface area contributed by atoms with Crippen LogP contribution >= 0.6 is 0 Å². The Kier molecular flexibility index (Phi) is 5.53. The van der Waals surface area contributed by atoms with Crippen LogP contribution in [0.3, 0.4) is 0 Å². The molecule has 0 fully saturated rings. The molecule has 1 rings (SSSR count). The van der Waals surface area contributed by atoms with Gasteiger partial charge in [0, 0.05) is 11.6 Å². The van der Waals surface area contributed by atoms with Crippen molar-refractivity contribution >= 4 is 11.9 Å². The van der Waals surface area contributed by atoms with Gasteiger partial charge in [0.15, 0.2) is 0 Å². The lowest BCUT2D eigenvalue weighted by atomic mass is 9.89. The zero-order chi connectivity index (χ0) is 16.3. The van der Waals surface area contributed by atoms with Crippen molar-refractivity contribution in [3.8, 4) is 0 Å². The van der Waals surface area contributed by atoms with Gasteiger partial charge in [0.1, 0.15) is 0 Å². The minimum absolute atomic E-state index is 0.0514. The molecule has 0 aliphatic rings. The Bertz CT molecular complexity index is 547. The number of aliphatic carboxylic acids is 1. The zero-order valence-electron chi connectivity index (χ0n) is 13.8. The molecule has 1 amide bonds. The van der Waals surface area contributed by atoms with Gasteiger partial charge in [-0.15, -0.1) is 0 Å². The Labute approximate surface area is 126 Å². The molecule has 0 spiro atoms. The molecule has 0 radical (unpaired) electrons. The van der Waals surface area contributed by atoms with Crippen LogP contribution in [0.25, 0.3) is 0 Å². The first-order valence-corrected chi connectivity index (χ1v) is 7.30. The summed E-state index contributed by atoms with van der Waals surface area (Å²) >= 11 is 0. The lowest BCUT2D eigenvalue weighted by Crippen LogP contribution is -2.37. The maximum absolute atomic E-state index is 12.5. The molecule has 4 nitrogen and oxygen atoms in total. The first-order valence-electron chi connectivity index (χ1n) is 7.30. The van der Waals surface area contributed by atoms with Gasteiger partial charge in [-0.25, -0.2) is 0 Å². The highest BCUT2D eigenvalue weighted by molar-refractivity contribution is 5.98. The van der Waals surface area contributed by atoms with E-state index in [4.69, 9.17) is 5.11 Å². The Morgan fingerprint density at radius 1 is 0.952 bits per heavy atom. The van der Waals surface area contributed by atoms with E-state index in [0.29, 0.717) is 12.0 Å².